The van der Waals surface area contributed by atoms with Crippen molar-refractivity contribution in [2.45, 2.75) is 44.6 Å². The first kappa shape index (κ1) is 23.4. The van der Waals surface area contributed by atoms with E-state index >= 15 is 0 Å². The quantitative estimate of drug-likeness (QED) is 0.258. The van der Waals surface area contributed by atoms with Crippen LogP contribution in [-0.4, -0.2) is 18.8 Å². The number of amides is 1. The monoisotopic (exact) mass is 429 g/mol. The number of anilines is 3. The van der Waals surface area contributed by atoms with Crippen LogP contribution in [0.3, 0.4) is 0 Å². The number of halogens is 5. The maximum Gasteiger partial charge on any atom is 0.416 e. The van der Waals surface area contributed by atoms with Crippen LogP contribution >= 0.6 is 0 Å². The number of nitrogen functional groups attached to an aromatic ring is 1. The zero-order valence-corrected chi connectivity index (χ0v) is 16.2. The van der Waals surface area contributed by atoms with Gasteiger partial charge in [0.1, 0.15) is 12.8 Å². The Balaban J connectivity index is 1.82. The molecule has 1 amide bonds. The maximum atomic E-state index is 12.8. The molecule has 0 aromatic heterocycles. The molecular formula is C21H24F5N3O. The average Bonchev–Trinajstić information content (AvgIpc) is 2.71. The Kier molecular flexibility index (Phi) is 8.44. The van der Waals surface area contributed by atoms with Crippen LogP contribution in [0.1, 0.15) is 36.8 Å². The van der Waals surface area contributed by atoms with E-state index in [2.05, 4.69) is 10.6 Å². The number of hydrogen-bond acceptors (Lipinski definition) is 3. The van der Waals surface area contributed by atoms with Gasteiger partial charge in [-0.25, -0.2) is 8.78 Å². The molecular weight excluding hydrogens is 405 g/mol. The van der Waals surface area contributed by atoms with Gasteiger partial charge in [-0.1, -0.05) is 12.1 Å². The summed E-state index contributed by atoms with van der Waals surface area (Å²) in [6.07, 6.45) is -4.73. The van der Waals surface area contributed by atoms with Crippen LogP contribution in [0.5, 0.6) is 0 Å². The van der Waals surface area contributed by atoms with Gasteiger partial charge in [-0.3, -0.25) is 4.79 Å². The number of nitrogens with one attached hydrogen (secondary N) is 2. The van der Waals surface area contributed by atoms with Gasteiger partial charge in [-0.15, -0.1) is 0 Å². The second-order valence-corrected chi connectivity index (χ2v) is 6.90. The molecule has 0 aliphatic carbocycles. The summed E-state index contributed by atoms with van der Waals surface area (Å²) in [6.45, 7) is -0.709. The van der Waals surface area contributed by atoms with Crippen molar-refractivity contribution in [3.05, 3.63) is 53.6 Å². The second-order valence-electron chi connectivity index (χ2n) is 6.90. The molecule has 0 aliphatic heterocycles. The molecule has 0 heterocycles. The van der Waals surface area contributed by atoms with Gasteiger partial charge in [-0.05, 0) is 55.2 Å². The van der Waals surface area contributed by atoms with Crippen LogP contribution in [0.2, 0.25) is 0 Å². The van der Waals surface area contributed by atoms with Crippen LogP contribution in [0.25, 0.3) is 0 Å². The molecule has 2 aromatic carbocycles. The Hall–Kier alpha value is -2.84. The molecule has 2 rings (SSSR count). The molecule has 2 aromatic rings. The Morgan fingerprint density at radius 3 is 2.37 bits per heavy atom. The lowest BCUT2D eigenvalue weighted by molar-refractivity contribution is -0.137. The molecule has 30 heavy (non-hydrogen) atoms. The molecule has 0 fully saturated rings. The van der Waals surface area contributed by atoms with E-state index in [0.717, 1.165) is 12.1 Å². The summed E-state index contributed by atoms with van der Waals surface area (Å²) < 4.78 is 62.6. The summed E-state index contributed by atoms with van der Waals surface area (Å²) in [5, 5.41) is 5.73. The Morgan fingerprint density at radius 2 is 1.77 bits per heavy atom. The molecule has 164 valence electrons. The summed E-state index contributed by atoms with van der Waals surface area (Å²) in [4.78, 5) is 11.9. The van der Waals surface area contributed by atoms with Gasteiger partial charge >= 0.3 is 6.18 Å². The zero-order chi connectivity index (χ0) is 22.1. The topological polar surface area (TPSA) is 67.2 Å². The van der Waals surface area contributed by atoms with E-state index in [9.17, 15) is 26.7 Å². The number of rotatable bonds is 10. The van der Waals surface area contributed by atoms with Crippen molar-refractivity contribution in [1.82, 2.24) is 0 Å². The van der Waals surface area contributed by atoms with Crippen LogP contribution in [-0.2, 0) is 17.5 Å². The second kappa shape index (κ2) is 10.8. The van der Waals surface area contributed by atoms with Gasteiger partial charge in [-0.2, -0.15) is 13.2 Å². The number of carbonyl (C=O) groups is 1. The standard InChI is InChI=1S/C21H24F5N3O/c22-12-16(23)3-1-2-4-20(30)29-19-10-9-17(11-18(19)27)28-13-14-5-7-15(8-6-14)21(24,25)26/h5-11,16,28H,1-4,12-13,27H2,(H,29,30). The largest absolute Gasteiger partial charge is 0.416 e. The first-order valence-corrected chi connectivity index (χ1v) is 9.48. The average molecular weight is 429 g/mol. The molecule has 4 nitrogen and oxygen atoms in total. The van der Waals surface area contributed by atoms with Gasteiger partial charge in [0.2, 0.25) is 5.91 Å². The van der Waals surface area contributed by atoms with Gasteiger partial charge in [0, 0.05) is 18.7 Å². The summed E-state index contributed by atoms with van der Waals surface area (Å²) in [7, 11) is 0. The maximum absolute atomic E-state index is 12.8. The van der Waals surface area contributed by atoms with E-state index in [1.807, 2.05) is 0 Å². The lowest BCUT2D eigenvalue weighted by atomic mass is 10.1. The summed E-state index contributed by atoms with van der Waals surface area (Å²) in [5.74, 6) is -0.275. The fourth-order valence-corrected chi connectivity index (χ4v) is 2.74. The zero-order valence-electron chi connectivity index (χ0n) is 16.2. The predicted octanol–water partition coefficient (Wildman–Crippen LogP) is 5.71. The third-order valence-electron chi connectivity index (χ3n) is 4.44. The summed E-state index contributed by atoms with van der Waals surface area (Å²) in [6, 6.07) is 9.74. The molecule has 4 N–H and O–H groups in total. The van der Waals surface area contributed by atoms with Gasteiger partial charge in [0.25, 0.3) is 0 Å². The summed E-state index contributed by atoms with van der Waals surface area (Å²) >= 11 is 0. The smallest absolute Gasteiger partial charge is 0.397 e. The molecule has 0 saturated carbocycles. The lowest BCUT2D eigenvalue weighted by Gasteiger charge is -2.12. The van der Waals surface area contributed by atoms with Crippen molar-refractivity contribution in [2.24, 2.45) is 0 Å². The minimum atomic E-state index is -4.37. The Labute approximate surface area is 171 Å². The van der Waals surface area contributed by atoms with Crippen molar-refractivity contribution < 1.29 is 26.7 Å². The van der Waals surface area contributed by atoms with Gasteiger partial charge in [0.15, 0.2) is 0 Å². The van der Waals surface area contributed by atoms with E-state index < -0.39 is 24.6 Å². The van der Waals surface area contributed by atoms with Crippen LogP contribution < -0.4 is 16.4 Å². The Morgan fingerprint density at radius 1 is 1.07 bits per heavy atom. The molecule has 0 bridgehead atoms. The third-order valence-corrected chi connectivity index (χ3v) is 4.44. The molecule has 0 radical (unpaired) electrons. The predicted molar refractivity (Wildman–Crippen MR) is 108 cm³/mol. The van der Waals surface area contributed by atoms with Crippen LogP contribution in [0, 0.1) is 0 Å². The third kappa shape index (κ3) is 7.53. The number of nitrogens with two attached hydrogens (primary N) is 1. The molecule has 0 spiro atoms. The number of alkyl halides is 5. The van der Waals surface area contributed by atoms with Crippen LogP contribution in [0.4, 0.5) is 39.0 Å². The van der Waals surface area contributed by atoms with Crippen molar-refractivity contribution in [1.29, 1.82) is 0 Å². The first-order chi connectivity index (χ1) is 14.2. The Bertz CT molecular complexity index is 824. The molecule has 0 saturated heterocycles. The lowest BCUT2D eigenvalue weighted by Crippen LogP contribution is -2.13. The fourth-order valence-electron chi connectivity index (χ4n) is 2.74. The molecule has 0 aliphatic rings. The van der Waals surface area contributed by atoms with Gasteiger partial charge < -0.3 is 16.4 Å². The van der Waals surface area contributed by atoms with Crippen molar-refractivity contribution >= 4 is 23.0 Å². The van der Waals surface area contributed by atoms with Crippen LogP contribution in [0.15, 0.2) is 42.5 Å². The highest BCUT2D eigenvalue weighted by Gasteiger charge is 2.29. The summed E-state index contributed by atoms with van der Waals surface area (Å²) in [5.41, 5.74) is 7.30. The van der Waals surface area contributed by atoms with E-state index in [0.29, 0.717) is 42.0 Å². The van der Waals surface area contributed by atoms with E-state index in [-0.39, 0.29) is 18.7 Å². The van der Waals surface area contributed by atoms with E-state index in [1.165, 1.54) is 12.1 Å². The normalized spacial score (nSPS) is 12.4. The molecule has 1 atom stereocenters. The minimum absolute atomic E-state index is 0.0885. The van der Waals surface area contributed by atoms with E-state index in [4.69, 9.17) is 5.73 Å². The van der Waals surface area contributed by atoms with Crippen molar-refractivity contribution in [2.75, 3.05) is 23.0 Å². The van der Waals surface area contributed by atoms with Gasteiger partial charge in [0.05, 0.1) is 16.9 Å². The number of unbranched alkanes of at least 4 members (excludes halogenated alkanes) is 1. The van der Waals surface area contributed by atoms with Crippen molar-refractivity contribution in [3.8, 4) is 0 Å². The number of carbonyl (C=O) groups excluding carboxylic acids is 1. The highest BCUT2D eigenvalue weighted by Crippen LogP contribution is 2.29. The SMILES string of the molecule is Nc1cc(NCc2ccc(C(F)(F)F)cc2)ccc1NC(=O)CCCCC(F)CF. The minimum Gasteiger partial charge on any atom is -0.397 e. The highest BCUT2D eigenvalue weighted by molar-refractivity contribution is 5.94. The number of hydrogen-bond donors (Lipinski definition) is 3. The fraction of sp³-hybridized carbons (Fsp3) is 0.381. The first-order valence-electron chi connectivity index (χ1n) is 9.48. The van der Waals surface area contributed by atoms with Crippen molar-refractivity contribution in [3.63, 3.8) is 0 Å². The molecule has 9 heteroatoms. The molecule has 1 unspecified atom stereocenters. The highest BCUT2D eigenvalue weighted by atomic mass is 19.4. The van der Waals surface area contributed by atoms with E-state index in [1.54, 1.807) is 18.2 Å². The number of benzene rings is 2.